The molecule has 0 saturated carbocycles. The topological polar surface area (TPSA) is 66.5 Å². The minimum Gasteiger partial charge on any atom is -0.345 e. The summed E-state index contributed by atoms with van der Waals surface area (Å²) in [7, 11) is -0.0172. The molecular formula is C12H18N2O3S. The van der Waals surface area contributed by atoms with Crippen LogP contribution in [0.2, 0.25) is 0 Å². The molecule has 18 heavy (non-hydrogen) atoms. The van der Waals surface area contributed by atoms with E-state index in [-0.39, 0.29) is 5.91 Å². The van der Waals surface area contributed by atoms with Crippen molar-refractivity contribution in [3.63, 3.8) is 0 Å². The maximum Gasteiger partial charge on any atom is 0.253 e. The first-order chi connectivity index (χ1) is 8.24. The monoisotopic (exact) mass is 270 g/mol. The fourth-order valence-electron chi connectivity index (χ4n) is 1.22. The summed E-state index contributed by atoms with van der Waals surface area (Å²) in [5.41, 5.74) is 0.978. The van der Waals surface area contributed by atoms with Crippen LogP contribution in [0.1, 0.15) is 24.2 Å². The zero-order chi connectivity index (χ0) is 13.9. The fraction of sp³-hybridized carbons (Fsp3) is 0.417. The summed E-state index contributed by atoms with van der Waals surface area (Å²) in [6.07, 6.45) is 0. The van der Waals surface area contributed by atoms with Crippen LogP contribution in [0.15, 0.2) is 24.3 Å². The fourth-order valence-corrected chi connectivity index (χ4v) is 1.92. The first-order valence-electron chi connectivity index (χ1n) is 5.57. The summed E-state index contributed by atoms with van der Waals surface area (Å²) in [6.45, 7) is 3.21. The van der Waals surface area contributed by atoms with Gasteiger partial charge in [0, 0.05) is 25.3 Å². The van der Waals surface area contributed by atoms with E-state index < -0.39 is 15.3 Å². The molecule has 0 spiro atoms. The smallest absolute Gasteiger partial charge is 0.253 e. The van der Waals surface area contributed by atoms with Crippen molar-refractivity contribution in [2.45, 2.75) is 19.1 Å². The highest BCUT2D eigenvalue weighted by Crippen LogP contribution is 2.14. The van der Waals surface area contributed by atoms with Crippen LogP contribution < -0.4 is 4.72 Å². The number of carbonyl (C=O) groups is 1. The first-order valence-corrected chi connectivity index (χ1v) is 7.12. The number of benzene rings is 1. The lowest BCUT2D eigenvalue weighted by atomic mass is 10.2. The van der Waals surface area contributed by atoms with E-state index in [2.05, 4.69) is 4.72 Å². The van der Waals surface area contributed by atoms with E-state index in [9.17, 15) is 13.2 Å². The molecule has 6 heteroatoms. The van der Waals surface area contributed by atoms with Gasteiger partial charge in [0.05, 0.1) is 5.25 Å². The highest BCUT2D eigenvalue weighted by Gasteiger charge is 2.15. The summed E-state index contributed by atoms with van der Waals surface area (Å²) in [4.78, 5) is 13.1. The molecule has 0 heterocycles. The van der Waals surface area contributed by atoms with E-state index in [1.807, 2.05) is 0 Å². The van der Waals surface area contributed by atoms with E-state index in [0.29, 0.717) is 11.3 Å². The van der Waals surface area contributed by atoms with E-state index in [4.69, 9.17) is 0 Å². The van der Waals surface area contributed by atoms with E-state index in [1.165, 1.54) is 4.90 Å². The van der Waals surface area contributed by atoms with Gasteiger partial charge in [-0.15, -0.1) is 0 Å². The number of sulfonamides is 1. The Bertz CT molecular complexity index is 519. The number of rotatable bonds is 4. The van der Waals surface area contributed by atoms with Crippen molar-refractivity contribution < 1.29 is 13.2 Å². The molecule has 5 nitrogen and oxygen atoms in total. The molecule has 0 atom stereocenters. The lowest BCUT2D eigenvalue weighted by Gasteiger charge is -2.12. The number of hydrogen-bond donors (Lipinski definition) is 1. The van der Waals surface area contributed by atoms with Crippen LogP contribution in [-0.4, -0.2) is 38.6 Å². The Morgan fingerprint density at radius 2 is 1.67 bits per heavy atom. The largest absolute Gasteiger partial charge is 0.345 e. The minimum absolute atomic E-state index is 0.117. The number of nitrogens with one attached hydrogen (secondary N) is 1. The van der Waals surface area contributed by atoms with Crippen LogP contribution >= 0.6 is 0 Å². The average molecular weight is 270 g/mol. The summed E-state index contributed by atoms with van der Waals surface area (Å²) >= 11 is 0. The standard InChI is InChI=1S/C12H18N2O3S/c1-9(2)18(16,17)13-11-7-5-10(6-8-11)12(15)14(3)4/h5-9,13H,1-4H3. The molecule has 1 rings (SSSR count). The second-order valence-corrected chi connectivity index (χ2v) is 6.71. The van der Waals surface area contributed by atoms with E-state index >= 15 is 0 Å². The number of amides is 1. The SMILES string of the molecule is CC(C)S(=O)(=O)Nc1ccc(C(=O)N(C)C)cc1. The second-order valence-electron chi connectivity index (χ2n) is 4.47. The predicted molar refractivity (Wildman–Crippen MR) is 72.1 cm³/mol. The molecule has 0 saturated heterocycles. The predicted octanol–water partition coefficient (Wildman–Crippen LogP) is 1.54. The highest BCUT2D eigenvalue weighted by atomic mass is 32.2. The lowest BCUT2D eigenvalue weighted by molar-refractivity contribution is 0.0827. The Labute approximate surface area is 108 Å². The summed E-state index contributed by atoms with van der Waals surface area (Å²) < 4.78 is 25.7. The number of carbonyl (C=O) groups excluding carboxylic acids is 1. The van der Waals surface area contributed by atoms with Gasteiger partial charge in [-0.2, -0.15) is 0 Å². The lowest BCUT2D eigenvalue weighted by Crippen LogP contribution is -2.23. The van der Waals surface area contributed by atoms with Gasteiger partial charge in [0.25, 0.3) is 5.91 Å². The molecule has 0 aliphatic rings. The van der Waals surface area contributed by atoms with Gasteiger partial charge in [-0.25, -0.2) is 8.42 Å². The molecule has 0 bridgehead atoms. The van der Waals surface area contributed by atoms with E-state index in [1.54, 1.807) is 52.2 Å². The Morgan fingerprint density at radius 3 is 2.06 bits per heavy atom. The molecule has 1 amide bonds. The van der Waals surface area contributed by atoms with Gasteiger partial charge in [-0.1, -0.05) is 0 Å². The van der Waals surface area contributed by atoms with Gasteiger partial charge in [0.1, 0.15) is 0 Å². The van der Waals surface area contributed by atoms with Crippen LogP contribution in [0, 0.1) is 0 Å². The van der Waals surface area contributed by atoms with Crippen LogP contribution in [0.3, 0.4) is 0 Å². The van der Waals surface area contributed by atoms with Crippen molar-refractivity contribution >= 4 is 21.6 Å². The molecule has 0 unspecified atom stereocenters. The molecule has 0 aliphatic heterocycles. The molecular weight excluding hydrogens is 252 g/mol. The molecule has 0 aliphatic carbocycles. The molecule has 0 fully saturated rings. The summed E-state index contributed by atoms with van der Waals surface area (Å²) in [5, 5.41) is -0.499. The average Bonchev–Trinajstić information content (AvgIpc) is 2.28. The maximum atomic E-state index is 11.6. The zero-order valence-corrected chi connectivity index (χ0v) is 11.8. The van der Waals surface area contributed by atoms with Gasteiger partial charge < -0.3 is 4.90 Å². The van der Waals surface area contributed by atoms with Crippen LogP contribution in [0.25, 0.3) is 0 Å². The number of nitrogens with zero attached hydrogens (tertiary/aromatic N) is 1. The second kappa shape index (κ2) is 5.39. The molecule has 0 aromatic heterocycles. The van der Waals surface area contributed by atoms with Crippen molar-refractivity contribution in [1.82, 2.24) is 4.90 Å². The summed E-state index contributed by atoms with van der Waals surface area (Å²) in [6, 6.07) is 6.36. The van der Waals surface area contributed by atoms with Crippen molar-refractivity contribution in [1.29, 1.82) is 0 Å². The Kier molecular flexibility index (Phi) is 4.34. The quantitative estimate of drug-likeness (QED) is 0.902. The summed E-state index contributed by atoms with van der Waals surface area (Å²) in [5.74, 6) is -0.117. The maximum absolute atomic E-state index is 11.6. The van der Waals surface area contributed by atoms with Crippen LogP contribution in [0.5, 0.6) is 0 Å². The van der Waals surface area contributed by atoms with Gasteiger partial charge in [0.2, 0.25) is 10.0 Å². The third kappa shape index (κ3) is 3.46. The normalized spacial score (nSPS) is 11.4. The zero-order valence-electron chi connectivity index (χ0n) is 11.0. The third-order valence-electron chi connectivity index (χ3n) is 2.42. The van der Waals surface area contributed by atoms with Gasteiger partial charge in [-0.3, -0.25) is 9.52 Å². The number of hydrogen-bond acceptors (Lipinski definition) is 3. The van der Waals surface area contributed by atoms with Crippen molar-refractivity contribution in [3.05, 3.63) is 29.8 Å². The Balaban J connectivity index is 2.88. The van der Waals surface area contributed by atoms with Crippen LogP contribution in [-0.2, 0) is 10.0 Å². The van der Waals surface area contributed by atoms with Crippen molar-refractivity contribution in [2.75, 3.05) is 18.8 Å². The van der Waals surface area contributed by atoms with Crippen molar-refractivity contribution in [2.24, 2.45) is 0 Å². The Hall–Kier alpha value is -1.56. The minimum atomic E-state index is -3.35. The van der Waals surface area contributed by atoms with Crippen molar-refractivity contribution in [3.8, 4) is 0 Å². The van der Waals surface area contributed by atoms with E-state index in [0.717, 1.165) is 0 Å². The molecule has 1 aromatic carbocycles. The van der Waals surface area contributed by atoms with Gasteiger partial charge in [-0.05, 0) is 38.1 Å². The molecule has 100 valence electrons. The Morgan fingerprint density at radius 1 is 1.17 bits per heavy atom. The number of anilines is 1. The third-order valence-corrected chi connectivity index (χ3v) is 4.18. The first kappa shape index (κ1) is 14.5. The molecule has 1 N–H and O–H groups in total. The molecule has 1 aromatic rings. The van der Waals surface area contributed by atoms with Gasteiger partial charge in [0.15, 0.2) is 0 Å². The molecule has 0 radical (unpaired) electrons. The van der Waals surface area contributed by atoms with Crippen LogP contribution in [0.4, 0.5) is 5.69 Å². The highest BCUT2D eigenvalue weighted by molar-refractivity contribution is 7.93. The van der Waals surface area contributed by atoms with Gasteiger partial charge >= 0.3 is 0 Å².